The lowest BCUT2D eigenvalue weighted by molar-refractivity contribution is -0.138. The SMILES string of the molecule is CCOC(=O)/C=C/c1ccc2c(c1)CCC2=O.CCOC(=O)/C=C/c1ccc2c(c1)CCC2NCCc1c[nH]c2ccccc12. The zero-order chi connectivity index (χ0) is 31.6. The molecule has 1 heterocycles. The molecule has 0 radical (unpaired) electrons. The molecule has 0 spiro atoms. The van der Waals surface area contributed by atoms with Crippen molar-refractivity contribution in [2.45, 2.75) is 52.0 Å². The van der Waals surface area contributed by atoms with Gasteiger partial charge in [0.05, 0.1) is 13.2 Å². The molecule has 0 bridgehead atoms. The molecule has 2 aliphatic rings. The maximum absolute atomic E-state index is 11.5. The number of para-hydroxylation sites is 1. The van der Waals surface area contributed by atoms with E-state index in [1.807, 2.05) is 31.2 Å². The van der Waals surface area contributed by atoms with Crippen molar-refractivity contribution in [3.8, 4) is 0 Å². The van der Waals surface area contributed by atoms with Crippen LogP contribution in [0.25, 0.3) is 23.1 Å². The third-order valence-corrected chi connectivity index (χ3v) is 8.15. The number of esters is 2. The fourth-order valence-corrected chi connectivity index (χ4v) is 5.96. The van der Waals surface area contributed by atoms with E-state index in [2.05, 4.69) is 59.0 Å². The summed E-state index contributed by atoms with van der Waals surface area (Å²) in [4.78, 5) is 37.4. The first-order chi connectivity index (χ1) is 21.9. The van der Waals surface area contributed by atoms with Crippen LogP contribution in [-0.2, 0) is 38.3 Å². The van der Waals surface area contributed by atoms with Crippen molar-refractivity contribution in [2.24, 2.45) is 0 Å². The van der Waals surface area contributed by atoms with Gasteiger partial charge in [-0.25, -0.2) is 9.59 Å². The Hall–Kier alpha value is -4.75. The molecule has 2 N–H and O–H groups in total. The molecule has 6 rings (SSSR count). The van der Waals surface area contributed by atoms with Crippen LogP contribution in [0.4, 0.5) is 0 Å². The van der Waals surface area contributed by atoms with E-state index in [4.69, 9.17) is 9.47 Å². The van der Waals surface area contributed by atoms with Crippen molar-refractivity contribution in [2.75, 3.05) is 19.8 Å². The molecule has 0 fully saturated rings. The molecule has 232 valence electrons. The summed E-state index contributed by atoms with van der Waals surface area (Å²) in [6, 6.07) is 20.9. The second kappa shape index (κ2) is 15.3. The largest absolute Gasteiger partial charge is 0.463 e. The predicted octanol–water partition coefficient (Wildman–Crippen LogP) is 6.96. The standard InChI is InChI=1S/C24H26N2O2.C14H14O3/c1-2-28-24(27)12-8-17-7-10-21-18(15-17)9-11-23(21)25-14-13-19-16-26-22-6-4-3-5-20(19)22;1-2-17-14(16)8-4-10-3-6-12-11(9-10)5-7-13(12)15/h3-8,10,12,15-16,23,25-26H,2,9,11,13-14H2,1H3;3-4,6,8-9H,2,5,7H2,1H3/b12-8+;8-4+. The van der Waals surface area contributed by atoms with Crippen LogP contribution in [0.2, 0.25) is 0 Å². The summed E-state index contributed by atoms with van der Waals surface area (Å²) in [5.41, 5.74) is 9.17. The van der Waals surface area contributed by atoms with Crippen molar-refractivity contribution in [3.05, 3.63) is 118 Å². The third kappa shape index (κ3) is 8.25. The predicted molar refractivity (Wildman–Crippen MR) is 178 cm³/mol. The quantitative estimate of drug-likeness (QED) is 0.150. The molecule has 0 saturated heterocycles. The Morgan fingerprint density at radius 1 is 0.867 bits per heavy atom. The van der Waals surface area contributed by atoms with Crippen molar-refractivity contribution < 1.29 is 23.9 Å². The lowest BCUT2D eigenvalue weighted by Crippen LogP contribution is -2.21. The summed E-state index contributed by atoms with van der Waals surface area (Å²) in [5.74, 6) is -0.426. The molecule has 7 heteroatoms. The second-order valence-corrected chi connectivity index (χ2v) is 11.1. The van der Waals surface area contributed by atoms with Gasteiger partial charge in [0, 0.05) is 47.3 Å². The Labute approximate surface area is 264 Å². The van der Waals surface area contributed by atoms with E-state index in [0.717, 1.165) is 54.5 Å². The van der Waals surface area contributed by atoms with E-state index in [-0.39, 0.29) is 17.7 Å². The van der Waals surface area contributed by atoms with Crippen LogP contribution < -0.4 is 5.32 Å². The minimum atomic E-state index is -0.343. The van der Waals surface area contributed by atoms with Gasteiger partial charge in [0.2, 0.25) is 0 Å². The zero-order valence-corrected chi connectivity index (χ0v) is 25.9. The zero-order valence-electron chi connectivity index (χ0n) is 25.9. The smallest absolute Gasteiger partial charge is 0.330 e. The Kier molecular flexibility index (Phi) is 10.8. The van der Waals surface area contributed by atoms with Gasteiger partial charge in [-0.3, -0.25) is 4.79 Å². The number of H-pyrrole nitrogens is 1. The molecule has 1 aromatic heterocycles. The molecule has 0 saturated carbocycles. The average molecular weight is 605 g/mol. The van der Waals surface area contributed by atoms with Gasteiger partial charge in [-0.2, -0.15) is 0 Å². The first-order valence-electron chi connectivity index (χ1n) is 15.7. The highest BCUT2D eigenvalue weighted by atomic mass is 16.5. The molecule has 2 aliphatic carbocycles. The van der Waals surface area contributed by atoms with E-state index in [1.165, 1.54) is 39.7 Å². The highest BCUT2D eigenvalue weighted by molar-refractivity contribution is 6.00. The van der Waals surface area contributed by atoms with Crippen molar-refractivity contribution in [1.82, 2.24) is 10.3 Å². The van der Waals surface area contributed by atoms with E-state index in [1.54, 1.807) is 13.0 Å². The maximum Gasteiger partial charge on any atom is 0.330 e. The van der Waals surface area contributed by atoms with Gasteiger partial charge < -0.3 is 19.8 Å². The summed E-state index contributed by atoms with van der Waals surface area (Å²) in [5, 5.41) is 5.04. The van der Waals surface area contributed by atoms with Crippen LogP contribution in [0.3, 0.4) is 0 Å². The van der Waals surface area contributed by atoms with Crippen LogP contribution >= 0.6 is 0 Å². The Morgan fingerprint density at radius 2 is 1.56 bits per heavy atom. The molecular formula is C38H40N2O5. The number of nitrogens with one attached hydrogen (secondary N) is 2. The average Bonchev–Trinajstić information content (AvgIpc) is 3.76. The minimum Gasteiger partial charge on any atom is -0.463 e. The van der Waals surface area contributed by atoms with Gasteiger partial charge in [-0.15, -0.1) is 0 Å². The number of ether oxygens (including phenoxy) is 2. The summed E-state index contributed by atoms with van der Waals surface area (Å²) < 4.78 is 9.73. The topological polar surface area (TPSA) is 97.5 Å². The fourth-order valence-electron chi connectivity index (χ4n) is 5.96. The first-order valence-corrected chi connectivity index (χ1v) is 15.7. The van der Waals surface area contributed by atoms with Crippen LogP contribution in [-0.4, -0.2) is 42.5 Å². The van der Waals surface area contributed by atoms with Crippen molar-refractivity contribution in [3.63, 3.8) is 0 Å². The first kappa shape index (κ1) is 31.7. The fraction of sp³-hybridized carbons (Fsp3) is 0.289. The molecule has 7 nitrogen and oxygen atoms in total. The number of rotatable bonds is 10. The number of hydrogen-bond donors (Lipinski definition) is 2. The number of ketones is 1. The Balaban J connectivity index is 0.000000201. The molecule has 1 atom stereocenters. The number of aromatic nitrogens is 1. The lowest BCUT2D eigenvalue weighted by atomic mass is 10.0. The number of aryl methyl sites for hydroxylation is 2. The number of Topliss-reactive ketones (excluding diaryl/α,β-unsaturated/α-hetero) is 1. The second-order valence-electron chi connectivity index (χ2n) is 11.1. The number of benzene rings is 3. The number of carbonyl (C=O) groups is 3. The Bertz CT molecular complexity index is 1730. The van der Waals surface area contributed by atoms with Crippen LogP contribution in [0.15, 0.2) is 79.0 Å². The molecule has 45 heavy (non-hydrogen) atoms. The van der Waals surface area contributed by atoms with Gasteiger partial charge in [-0.1, -0.05) is 54.6 Å². The molecule has 0 amide bonds. The Morgan fingerprint density at radius 3 is 2.29 bits per heavy atom. The number of fused-ring (bicyclic) bond motifs is 3. The molecular weight excluding hydrogens is 564 g/mol. The van der Waals surface area contributed by atoms with Gasteiger partial charge >= 0.3 is 11.9 Å². The molecule has 1 unspecified atom stereocenters. The highest BCUT2D eigenvalue weighted by Crippen LogP contribution is 2.32. The number of carbonyl (C=O) groups excluding carboxylic acids is 3. The highest BCUT2D eigenvalue weighted by Gasteiger charge is 2.22. The van der Waals surface area contributed by atoms with Crippen LogP contribution in [0, 0.1) is 0 Å². The summed E-state index contributed by atoms with van der Waals surface area (Å²) in [6.45, 7) is 5.32. The van der Waals surface area contributed by atoms with E-state index in [9.17, 15) is 14.4 Å². The summed E-state index contributed by atoms with van der Waals surface area (Å²) >= 11 is 0. The van der Waals surface area contributed by atoms with Gasteiger partial charge in [-0.05, 0) is 97.7 Å². The normalized spacial score (nSPS) is 15.2. The van der Waals surface area contributed by atoms with E-state index in [0.29, 0.717) is 25.7 Å². The number of aromatic amines is 1. The van der Waals surface area contributed by atoms with E-state index >= 15 is 0 Å². The van der Waals surface area contributed by atoms with Crippen molar-refractivity contribution in [1.29, 1.82) is 0 Å². The molecule has 3 aromatic carbocycles. The molecule has 4 aromatic rings. The van der Waals surface area contributed by atoms with E-state index < -0.39 is 0 Å². The monoisotopic (exact) mass is 604 g/mol. The lowest BCUT2D eigenvalue weighted by Gasteiger charge is -2.14. The minimum absolute atomic E-state index is 0.209. The van der Waals surface area contributed by atoms with Crippen LogP contribution in [0.5, 0.6) is 0 Å². The van der Waals surface area contributed by atoms with Gasteiger partial charge in [0.15, 0.2) is 5.78 Å². The number of hydrogen-bond acceptors (Lipinski definition) is 6. The summed E-state index contributed by atoms with van der Waals surface area (Å²) in [6.07, 6.45) is 13.2. The maximum atomic E-state index is 11.5. The van der Waals surface area contributed by atoms with Crippen molar-refractivity contribution >= 4 is 40.8 Å². The third-order valence-electron chi connectivity index (χ3n) is 8.15. The van der Waals surface area contributed by atoms with Gasteiger partial charge in [0.25, 0.3) is 0 Å². The molecule has 0 aliphatic heterocycles. The summed E-state index contributed by atoms with van der Waals surface area (Å²) in [7, 11) is 0. The van der Waals surface area contributed by atoms with Crippen LogP contribution in [0.1, 0.15) is 76.5 Å². The van der Waals surface area contributed by atoms with Gasteiger partial charge in [0.1, 0.15) is 0 Å².